The highest BCUT2D eigenvalue weighted by molar-refractivity contribution is 6.20. The van der Waals surface area contributed by atoms with Gasteiger partial charge < -0.3 is 5.11 Å². The summed E-state index contributed by atoms with van der Waals surface area (Å²) in [5.41, 5.74) is 2.97. The Bertz CT molecular complexity index is 790. The number of carbonyl (C=O) groups is 1. The van der Waals surface area contributed by atoms with Crippen molar-refractivity contribution < 1.29 is 9.90 Å². The van der Waals surface area contributed by atoms with Crippen LogP contribution in [0, 0.1) is 0 Å². The molecule has 0 amide bonds. The van der Waals surface area contributed by atoms with Gasteiger partial charge in [-0.2, -0.15) is 0 Å². The minimum Gasteiger partial charge on any atom is -0.478 e. The maximum absolute atomic E-state index is 11.5. The van der Waals surface area contributed by atoms with E-state index in [1.54, 1.807) is 12.1 Å². The highest BCUT2D eigenvalue weighted by Crippen LogP contribution is 2.22. The normalized spacial score (nSPS) is 12.1. The summed E-state index contributed by atoms with van der Waals surface area (Å²) in [7, 11) is 0. The van der Waals surface area contributed by atoms with Gasteiger partial charge >= 0.3 is 5.97 Å². The van der Waals surface area contributed by atoms with E-state index < -0.39 is 5.97 Å². The third-order valence-corrected chi connectivity index (χ3v) is 5.77. The van der Waals surface area contributed by atoms with E-state index in [1.807, 2.05) is 25.4 Å². The van der Waals surface area contributed by atoms with Gasteiger partial charge in [0.05, 0.1) is 5.56 Å². The number of aromatic nitrogens is 2. The molecule has 1 aromatic carbocycles. The third kappa shape index (κ3) is 9.39. The highest BCUT2D eigenvalue weighted by Gasteiger charge is 2.14. The van der Waals surface area contributed by atoms with Crippen LogP contribution in [-0.2, 0) is 12.8 Å². The molecule has 0 radical (unpaired) electrons. The summed E-state index contributed by atoms with van der Waals surface area (Å²) in [6, 6.07) is 5.23. The molecular weight excluding hydrogens is 408 g/mol. The highest BCUT2D eigenvalue weighted by atomic mass is 35.5. The Hall–Kier alpha value is -1.94. The lowest BCUT2D eigenvalue weighted by Crippen LogP contribution is -2.07. The van der Waals surface area contributed by atoms with Crippen LogP contribution < -0.4 is 0 Å². The summed E-state index contributed by atoms with van der Waals surface area (Å²) >= 11 is 6.10. The lowest BCUT2D eigenvalue weighted by molar-refractivity contribution is 0.0695. The minimum absolute atomic E-state index is 0.141. The van der Waals surface area contributed by atoms with Crippen molar-refractivity contribution in [2.45, 2.75) is 96.3 Å². The summed E-state index contributed by atoms with van der Waals surface area (Å²) in [4.78, 5) is 20.5. The van der Waals surface area contributed by atoms with Gasteiger partial charge in [-0.1, -0.05) is 70.8 Å². The first-order valence-corrected chi connectivity index (χ1v) is 12.3. The zero-order valence-electron chi connectivity index (χ0n) is 19.1. The van der Waals surface area contributed by atoms with E-state index in [1.165, 1.54) is 64.2 Å². The van der Waals surface area contributed by atoms with E-state index >= 15 is 0 Å². The number of halogens is 1. The minimum atomic E-state index is -0.938. The molecule has 2 aromatic rings. The van der Waals surface area contributed by atoms with Gasteiger partial charge in [0.15, 0.2) is 5.82 Å². The second kappa shape index (κ2) is 14.2. The van der Waals surface area contributed by atoms with Crippen molar-refractivity contribution in [1.82, 2.24) is 9.97 Å². The van der Waals surface area contributed by atoms with Gasteiger partial charge in [-0.3, -0.25) is 0 Å². The predicted molar refractivity (Wildman–Crippen MR) is 129 cm³/mol. The smallest absolute Gasteiger partial charge is 0.335 e. The van der Waals surface area contributed by atoms with E-state index in [4.69, 9.17) is 11.6 Å². The first-order valence-electron chi connectivity index (χ1n) is 11.8. The van der Waals surface area contributed by atoms with Crippen LogP contribution in [-0.4, -0.2) is 26.4 Å². The Morgan fingerprint density at radius 2 is 1.55 bits per heavy atom. The van der Waals surface area contributed by atoms with Gasteiger partial charge in [0.25, 0.3) is 0 Å². The number of rotatable bonds is 15. The van der Waals surface area contributed by atoms with Crippen LogP contribution in [0.1, 0.15) is 99.5 Å². The van der Waals surface area contributed by atoms with E-state index in [0.29, 0.717) is 17.8 Å². The van der Waals surface area contributed by atoms with Crippen LogP contribution in [0.5, 0.6) is 0 Å². The Labute approximate surface area is 192 Å². The van der Waals surface area contributed by atoms with Crippen molar-refractivity contribution in [3.63, 3.8) is 0 Å². The molecule has 0 fully saturated rings. The summed E-state index contributed by atoms with van der Waals surface area (Å²) in [6.45, 7) is 4.12. The quantitative estimate of drug-likeness (QED) is 0.228. The van der Waals surface area contributed by atoms with Crippen LogP contribution in [0.4, 0.5) is 0 Å². The summed E-state index contributed by atoms with van der Waals surface area (Å²) in [5.74, 6) is -0.320. The largest absolute Gasteiger partial charge is 0.478 e. The van der Waals surface area contributed by atoms with Gasteiger partial charge in [0, 0.05) is 23.3 Å². The number of carboxylic acid groups (broad SMARTS) is 1. The number of aromatic carboxylic acids is 1. The number of nitrogens with zero attached hydrogens (tertiary/aromatic N) is 2. The fourth-order valence-electron chi connectivity index (χ4n) is 3.86. The van der Waals surface area contributed by atoms with Crippen LogP contribution in [0.15, 0.2) is 30.6 Å². The maximum atomic E-state index is 11.5. The summed E-state index contributed by atoms with van der Waals surface area (Å²) in [6.07, 6.45) is 18.6. The zero-order valence-corrected chi connectivity index (χ0v) is 19.8. The molecule has 0 saturated heterocycles. The molecule has 1 aromatic heterocycles. The first-order chi connectivity index (χ1) is 15.0. The number of unbranched alkanes of at least 4 members (excludes halogenated alkanes) is 9. The third-order valence-electron chi connectivity index (χ3n) is 5.62. The average molecular weight is 445 g/mol. The molecule has 170 valence electrons. The lowest BCUT2D eigenvalue weighted by Gasteiger charge is -2.10. The fraction of sp³-hybridized carbons (Fsp3) is 0.577. The predicted octanol–water partition coefficient (Wildman–Crippen LogP) is 7.48. The van der Waals surface area contributed by atoms with E-state index in [2.05, 4.69) is 16.9 Å². The number of hydrogen-bond acceptors (Lipinski definition) is 3. The molecule has 1 atom stereocenters. The first kappa shape index (κ1) is 25.3. The summed E-state index contributed by atoms with van der Waals surface area (Å²) < 4.78 is 0. The topological polar surface area (TPSA) is 63.1 Å². The van der Waals surface area contributed by atoms with E-state index in [-0.39, 0.29) is 10.9 Å². The lowest BCUT2D eigenvalue weighted by atomic mass is 9.99. The van der Waals surface area contributed by atoms with Crippen LogP contribution in [0.25, 0.3) is 11.4 Å². The maximum Gasteiger partial charge on any atom is 0.335 e. The monoisotopic (exact) mass is 444 g/mol. The number of hydrogen-bond donors (Lipinski definition) is 1. The Morgan fingerprint density at radius 3 is 2.10 bits per heavy atom. The molecule has 5 heteroatoms. The SMILES string of the molecule is CCCCCCCCCCCCc1cnc(-c2ccc(C(=O)O)c(C[C@@H](C)Cl)c2)nc1. The van der Waals surface area contributed by atoms with Gasteiger partial charge in [0.1, 0.15) is 0 Å². The molecule has 0 saturated carbocycles. The van der Waals surface area contributed by atoms with Gasteiger partial charge in [-0.25, -0.2) is 14.8 Å². The van der Waals surface area contributed by atoms with Crippen molar-refractivity contribution >= 4 is 17.6 Å². The van der Waals surface area contributed by atoms with E-state index in [0.717, 1.165) is 17.5 Å². The van der Waals surface area contributed by atoms with Crippen LogP contribution >= 0.6 is 11.6 Å². The second-order valence-electron chi connectivity index (χ2n) is 8.51. The van der Waals surface area contributed by atoms with Crippen molar-refractivity contribution in [2.75, 3.05) is 0 Å². The molecule has 1 heterocycles. The molecule has 4 nitrogen and oxygen atoms in total. The van der Waals surface area contributed by atoms with Crippen molar-refractivity contribution in [3.8, 4) is 11.4 Å². The molecule has 0 aliphatic heterocycles. The number of aryl methyl sites for hydroxylation is 1. The van der Waals surface area contributed by atoms with Crippen molar-refractivity contribution in [1.29, 1.82) is 0 Å². The molecule has 0 aliphatic carbocycles. The average Bonchev–Trinajstić information content (AvgIpc) is 2.75. The van der Waals surface area contributed by atoms with Crippen LogP contribution in [0.3, 0.4) is 0 Å². The van der Waals surface area contributed by atoms with Crippen molar-refractivity contribution in [3.05, 3.63) is 47.3 Å². The zero-order chi connectivity index (χ0) is 22.5. The fourth-order valence-corrected chi connectivity index (χ4v) is 4.03. The summed E-state index contributed by atoms with van der Waals surface area (Å²) in [5, 5.41) is 9.26. The van der Waals surface area contributed by atoms with Crippen LogP contribution in [0.2, 0.25) is 0 Å². The van der Waals surface area contributed by atoms with Gasteiger partial charge in [0.2, 0.25) is 0 Å². The van der Waals surface area contributed by atoms with Crippen molar-refractivity contribution in [2.24, 2.45) is 0 Å². The molecule has 0 unspecified atom stereocenters. The molecule has 0 spiro atoms. The van der Waals surface area contributed by atoms with Gasteiger partial charge in [-0.05, 0) is 49.4 Å². The number of benzene rings is 1. The number of carboxylic acids is 1. The molecular formula is C26H37ClN2O2. The Kier molecular flexibility index (Phi) is 11.6. The second-order valence-corrected chi connectivity index (χ2v) is 9.25. The molecule has 0 aliphatic rings. The molecule has 0 bridgehead atoms. The standard InChI is InChI=1S/C26H37ClN2O2/c1-3-4-5-6-7-8-9-10-11-12-13-21-18-28-25(29-19-21)22-14-15-24(26(30)31)23(17-22)16-20(2)27/h14-15,17-20H,3-13,16H2,1-2H3,(H,30,31)/t20-/m1/s1. The van der Waals surface area contributed by atoms with Gasteiger partial charge in [-0.15, -0.1) is 11.6 Å². The molecule has 2 rings (SSSR count). The molecule has 31 heavy (non-hydrogen) atoms. The Balaban J connectivity index is 1.79. The number of alkyl halides is 1. The Morgan fingerprint density at radius 1 is 0.968 bits per heavy atom. The van der Waals surface area contributed by atoms with E-state index in [9.17, 15) is 9.90 Å². The molecule has 1 N–H and O–H groups in total.